The van der Waals surface area contributed by atoms with Crippen molar-refractivity contribution in [3.8, 4) is 0 Å². The molecule has 0 saturated carbocycles. The standard InChI is InChI=1S/C17H17NO/c1-13-6-5-9-15(12-14-7-3-2-4-8-14)16(13)17-18-10-11-19-17/h2-9H,10-12H2,1H3. The summed E-state index contributed by atoms with van der Waals surface area (Å²) in [5.41, 5.74) is 5.00. The van der Waals surface area contributed by atoms with Crippen LogP contribution in [0.1, 0.15) is 22.3 Å². The quantitative estimate of drug-likeness (QED) is 0.819. The lowest BCUT2D eigenvalue weighted by molar-refractivity contribution is 0.348. The molecule has 0 aromatic heterocycles. The predicted molar refractivity (Wildman–Crippen MR) is 77.8 cm³/mol. The zero-order chi connectivity index (χ0) is 13.1. The first-order valence-electron chi connectivity index (χ1n) is 6.64. The van der Waals surface area contributed by atoms with Gasteiger partial charge in [-0.3, -0.25) is 0 Å². The topological polar surface area (TPSA) is 21.6 Å². The fourth-order valence-electron chi connectivity index (χ4n) is 2.48. The van der Waals surface area contributed by atoms with Gasteiger partial charge in [-0.25, -0.2) is 4.99 Å². The van der Waals surface area contributed by atoms with E-state index in [9.17, 15) is 0 Å². The van der Waals surface area contributed by atoms with Crippen molar-refractivity contribution in [1.82, 2.24) is 0 Å². The largest absolute Gasteiger partial charge is 0.475 e. The molecule has 1 aliphatic heterocycles. The Bertz CT molecular complexity index is 602. The first-order valence-corrected chi connectivity index (χ1v) is 6.64. The smallest absolute Gasteiger partial charge is 0.216 e. The minimum Gasteiger partial charge on any atom is -0.475 e. The molecule has 0 atom stereocenters. The first kappa shape index (κ1) is 12.0. The third-order valence-electron chi connectivity index (χ3n) is 3.40. The van der Waals surface area contributed by atoms with Gasteiger partial charge in [-0.15, -0.1) is 0 Å². The Kier molecular flexibility index (Phi) is 3.32. The molecule has 2 nitrogen and oxygen atoms in total. The molecule has 0 amide bonds. The fourth-order valence-corrected chi connectivity index (χ4v) is 2.48. The monoisotopic (exact) mass is 251 g/mol. The summed E-state index contributed by atoms with van der Waals surface area (Å²) in [4.78, 5) is 4.46. The number of rotatable bonds is 3. The number of ether oxygens (including phenoxy) is 1. The second kappa shape index (κ2) is 5.27. The molecule has 19 heavy (non-hydrogen) atoms. The number of benzene rings is 2. The van der Waals surface area contributed by atoms with Crippen molar-refractivity contribution in [3.05, 3.63) is 70.8 Å². The van der Waals surface area contributed by atoms with Gasteiger partial charge < -0.3 is 4.74 Å². The van der Waals surface area contributed by atoms with Crippen molar-refractivity contribution in [2.45, 2.75) is 13.3 Å². The Hall–Kier alpha value is -2.09. The summed E-state index contributed by atoms with van der Waals surface area (Å²) < 4.78 is 5.65. The minimum absolute atomic E-state index is 0.703. The van der Waals surface area contributed by atoms with Crippen molar-refractivity contribution < 1.29 is 4.74 Å². The van der Waals surface area contributed by atoms with Crippen molar-refractivity contribution in [2.24, 2.45) is 4.99 Å². The van der Waals surface area contributed by atoms with Crippen LogP contribution in [0.5, 0.6) is 0 Å². The molecular formula is C17H17NO. The third kappa shape index (κ3) is 2.53. The van der Waals surface area contributed by atoms with E-state index in [0.29, 0.717) is 6.61 Å². The third-order valence-corrected chi connectivity index (χ3v) is 3.40. The summed E-state index contributed by atoms with van der Waals surface area (Å²) in [6, 6.07) is 16.9. The first-order chi connectivity index (χ1) is 9.34. The Morgan fingerprint density at radius 2 is 1.89 bits per heavy atom. The zero-order valence-corrected chi connectivity index (χ0v) is 11.1. The molecule has 2 aromatic rings. The molecule has 0 fully saturated rings. The van der Waals surface area contributed by atoms with E-state index in [0.717, 1.165) is 18.9 Å². The van der Waals surface area contributed by atoms with Crippen molar-refractivity contribution in [1.29, 1.82) is 0 Å². The predicted octanol–water partition coefficient (Wildman–Crippen LogP) is 3.36. The molecule has 0 radical (unpaired) electrons. The van der Waals surface area contributed by atoms with E-state index < -0.39 is 0 Å². The van der Waals surface area contributed by atoms with Gasteiger partial charge in [-0.2, -0.15) is 0 Å². The molecule has 2 heteroatoms. The second-order valence-electron chi connectivity index (χ2n) is 4.81. The van der Waals surface area contributed by atoms with Crippen LogP contribution >= 0.6 is 0 Å². The molecule has 0 aliphatic carbocycles. The van der Waals surface area contributed by atoms with E-state index in [1.54, 1.807) is 0 Å². The van der Waals surface area contributed by atoms with Gasteiger partial charge in [0.15, 0.2) is 0 Å². The molecule has 1 heterocycles. The Balaban J connectivity index is 1.99. The maximum atomic E-state index is 5.65. The Morgan fingerprint density at radius 1 is 1.05 bits per heavy atom. The molecule has 3 rings (SSSR count). The molecule has 2 aromatic carbocycles. The highest BCUT2D eigenvalue weighted by molar-refractivity contribution is 5.97. The van der Waals surface area contributed by atoms with Crippen LogP contribution in [-0.4, -0.2) is 19.0 Å². The van der Waals surface area contributed by atoms with Crippen LogP contribution in [0.4, 0.5) is 0 Å². The highest BCUT2D eigenvalue weighted by Crippen LogP contribution is 2.21. The van der Waals surface area contributed by atoms with Gasteiger partial charge in [0.25, 0.3) is 0 Å². The van der Waals surface area contributed by atoms with Gasteiger partial charge in [0.1, 0.15) is 6.61 Å². The normalized spacial score (nSPS) is 14.1. The van der Waals surface area contributed by atoms with Crippen molar-refractivity contribution in [2.75, 3.05) is 13.2 Å². The van der Waals surface area contributed by atoms with Crippen LogP contribution < -0.4 is 0 Å². The molecule has 96 valence electrons. The van der Waals surface area contributed by atoms with Gasteiger partial charge >= 0.3 is 0 Å². The molecule has 0 spiro atoms. The van der Waals surface area contributed by atoms with Crippen LogP contribution in [0.2, 0.25) is 0 Å². The van der Waals surface area contributed by atoms with Gasteiger partial charge in [-0.05, 0) is 30.0 Å². The average molecular weight is 251 g/mol. The second-order valence-corrected chi connectivity index (χ2v) is 4.81. The Morgan fingerprint density at radius 3 is 2.63 bits per heavy atom. The maximum absolute atomic E-state index is 5.65. The average Bonchev–Trinajstić information content (AvgIpc) is 2.94. The van der Waals surface area contributed by atoms with Crippen LogP contribution in [0.25, 0.3) is 0 Å². The molecule has 0 bridgehead atoms. The zero-order valence-electron chi connectivity index (χ0n) is 11.1. The summed E-state index contributed by atoms with van der Waals surface area (Å²) in [6.07, 6.45) is 0.917. The lowest BCUT2D eigenvalue weighted by atomic mass is 9.96. The highest BCUT2D eigenvalue weighted by Gasteiger charge is 2.16. The van der Waals surface area contributed by atoms with E-state index in [4.69, 9.17) is 4.74 Å². The highest BCUT2D eigenvalue weighted by atomic mass is 16.5. The summed E-state index contributed by atoms with van der Waals surface area (Å²) in [6.45, 7) is 3.59. The molecule has 0 unspecified atom stereocenters. The number of aliphatic imine (C=N–C) groups is 1. The van der Waals surface area contributed by atoms with E-state index in [2.05, 4.69) is 54.4 Å². The van der Waals surface area contributed by atoms with E-state index in [1.807, 2.05) is 6.07 Å². The van der Waals surface area contributed by atoms with Crippen LogP contribution in [0.3, 0.4) is 0 Å². The van der Waals surface area contributed by atoms with Crippen molar-refractivity contribution >= 4 is 5.90 Å². The maximum Gasteiger partial charge on any atom is 0.216 e. The summed E-state index contributed by atoms with van der Waals surface area (Å²) in [5, 5.41) is 0. The van der Waals surface area contributed by atoms with Crippen LogP contribution in [0.15, 0.2) is 53.5 Å². The molecule has 0 N–H and O–H groups in total. The number of hydrogen-bond acceptors (Lipinski definition) is 2. The van der Waals surface area contributed by atoms with Crippen molar-refractivity contribution in [3.63, 3.8) is 0 Å². The SMILES string of the molecule is Cc1cccc(Cc2ccccc2)c1C1=NCCO1. The Labute approximate surface area is 113 Å². The minimum atomic E-state index is 0.703. The fraction of sp³-hybridized carbons (Fsp3) is 0.235. The molecular weight excluding hydrogens is 234 g/mol. The van der Waals surface area contributed by atoms with E-state index in [-0.39, 0.29) is 0 Å². The van der Waals surface area contributed by atoms with Gasteiger partial charge in [-0.1, -0.05) is 48.5 Å². The van der Waals surface area contributed by atoms with Gasteiger partial charge in [0.2, 0.25) is 5.90 Å². The number of hydrogen-bond donors (Lipinski definition) is 0. The van der Waals surface area contributed by atoms with Gasteiger partial charge in [0, 0.05) is 5.56 Å². The summed E-state index contributed by atoms with van der Waals surface area (Å²) in [5.74, 6) is 0.809. The molecule has 0 saturated heterocycles. The lowest BCUT2D eigenvalue weighted by Crippen LogP contribution is -2.08. The van der Waals surface area contributed by atoms with E-state index in [1.165, 1.54) is 22.3 Å². The lowest BCUT2D eigenvalue weighted by Gasteiger charge is -2.12. The number of aryl methyl sites for hydroxylation is 1. The van der Waals surface area contributed by atoms with Crippen LogP contribution in [0, 0.1) is 6.92 Å². The van der Waals surface area contributed by atoms with E-state index >= 15 is 0 Å². The molecule has 1 aliphatic rings. The summed E-state index contributed by atoms with van der Waals surface area (Å²) in [7, 11) is 0. The van der Waals surface area contributed by atoms with Crippen LogP contribution in [-0.2, 0) is 11.2 Å². The van der Waals surface area contributed by atoms with Gasteiger partial charge in [0.05, 0.1) is 6.54 Å². The number of nitrogens with zero attached hydrogens (tertiary/aromatic N) is 1. The summed E-state index contributed by atoms with van der Waals surface area (Å²) >= 11 is 0.